The summed E-state index contributed by atoms with van der Waals surface area (Å²) in [4.78, 5) is 9.00. The van der Waals surface area contributed by atoms with Gasteiger partial charge in [0.1, 0.15) is 0 Å². The lowest BCUT2D eigenvalue weighted by atomic mass is 9.74. The first-order valence-corrected chi connectivity index (χ1v) is 20.5. The van der Waals surface area contributed by atoms with E-state index in [9.17, 15) is 0 Å². The zero-order chi connectivity index (χ0) is 36.5. The smallest absolute Gasteiger partial charge is 0.300 e. The number of rotatable bonds is 3. The maximum Gasteiger partial charge on any atom is 0.300 e. The van der Waals surface area contributed by atoms with Gasteiger partial charge in [0.2, 0.25) is 0 Å². The third-order valence-electron chi connectivity index (χ3n) is 11.2. The van der Waals surface area contributed by atoms with Crippen LogP contribution in [0.3, 0.4) is 0 Å². The molecule has 5 rings (SSSR count). The zero-order valence-corrected chi connectivity index (χ0v) is 32.9. The first-order valence-electron chi connectivity index (χ1n) is 20.5. The van der Waals surface area contributed by atoms with E-state index < -0.39 is 5.97 Å². The quantitative estimate of drug-likeness (QED) is 0.238. The highest BCUT2D eigenvalue weighted by Gasteiger charge is 2.33. The Morgan fingerprint density at radius 1 is 0.920 bits per heavy atom. The van der Waals surface area contributed by atoms with Crippen molar-refractivity contribution in [1.82, 2.24) is 0 Å². The summed E-state index contributed by atoms with van der Waals surface area (Å²) in [6, 6.07) is 0. The molecule has 2 nitrogen and oxygen atoms in total. The van der Waals surface area contributed by atoms with Crippen LogP contribution in [-0.2, 0) is 4.79 Å². The molecule has 0 spiro atoms. The van der Waals surface area contributed by atoms with Crippen molar-refractivity contribution in [2.45, 2.75) is 176 Å². The largest absolute Gasteiger partial charge is 0.481 e. The van der Waals surface area contributed by atoms with Gasteiger partial charge in [0, 0.05) is 29.4 Å². The van der Waals surface area contributed by atoms with Gasteiger partial charge in [0.15, 0.2) is 0 Å². The van der Waals surface area contributed by atoms with E-state index in [0.717, 1.165) is 24.8 Å². The molecule has 0 aromatic rings. The molecule has 0 aromatic carbocycles. The molecule has 1 fully saturated rings. The molecule has 50 heavy (non-hydrogen) atoms. The Hall–Kier alpha value is -2.97. The van der Waals surface area contributed by atoms with Gasteiger partial charge in [-0.2, -0.15) is 0 Å². The van der Waals surface area contributed by atoms with E-state index in [1.54, 1.807) is 0 Å². The first-order chi connectivity index (χ1) is 24.2. The van der Waals surface area contributed by atoms with Crippen molar-refractivity contribution in [2.24, 2.45) is 23.2 Å². The third-order valence-corrected chi connectivity index (χ3v) is 11.2. The van der Waals surface area contributed by atoms with Gasteiger partial charge in [-0.3, -0.25) is 4.79 Å². The molecule has 2 heteroatoms. The van der Waals surface area contributed by atoms with Gasteiger partial charge >= 0.3 is 0 Å². The van der Waals surface area contributed by atoms with E-state index in [4.69, 9.17) is 9.90 Å². The van der Waals surface area contributed by atoms with Gasteiger partial charge in [-0.25, -0.2) is 0 Å². The highest BCUT2D eigenvalue weighted by Crippen LogP contribution is 2.40. The molecule has 0 bridgehead atoms. The zero-order valence-electron chi connectivity index (χ0n) is 32.9. The Morgan fingerprint density at radius 3 is 2.08 bits per heavy atom. The van der Waals surface area contributed by atoms with E-state index >= 15 is 0 Å². The van der Waals surface area contributed by atoms with Gasteiger partial charge in [-0.05, 0) is 81.8 Å². The molecule has 0 saturated heterocycles. The molecule has 0 radical (unpaired) electrons. The molecule has 1 saturated carbocycles. The molecule has 0 aromatic heterocycles. The average molecular weight is 681 g/mol. The molecule has 1 unspecified atom stereocenters. The van der Waals surface area contributed by atoms with Crippen molar-refractivity contribution in [3.05, 3.63) is 71.4 Å². The van der Waals surface area contributed by atoms with Gasteiger partial charge in [0.05, 0.1) is 0 Å². The van der Waals surface area contributed by atoms with Crippen molar-refractivity contribution in [3.8, 4) is 23.7 Å². The van der Waals surface area contributed by atoms with Crippen molar-refractivity contribution in [2.75, 3.05) is 0 Å². The number of aliphatic carboxylic acids is 1. The van der Waals surface area contributed by atoms with Gasteiger partial charge in [-0.15, -0.1) is 0 Å². The minimum atomic E-state index is -0.833. The Balaban J connectivity index is 0.000000249. The predicted molar refractivity (Wildman–Crippen MR) is 218 cm³/mol. The fraction of sp³-hybridized carbons (Fsp3) is 0.646. The Morgan fingerprint density at radius 2 is 1.50 bits per heavy atom. The van der Waals surface area contributed by atoms with Crippen LogP contribution in [0.2, 0.25) is 0 Å². The Labute approximate surface area is 309 Å². The topological polar surface area (TPSA) is 37.3 Å². The van der Waals surface area contributed by atoms with E-state index in [-0.39, 0.29) is 5.41 Å². The van der Waals surface area contributed by atoms with Crippen LogP contribution in [0.5, 0.6) is 0 Å². The van der Waals surface area contributed by atoms with Crippen LogP contribution >= 0.6 is 0 Å². The summed E-state index contributed by atoms with van der Waals surface area (Å²) in [6.07, 6.45) is 46.6. The number of carboxylic acids is 1. The Bertz CT molecular complexity index is 1290. The van der Waals surface area contributed by atoms with Crippen LogP contribution in [0.15, 0.2) is 71.4 Å². The standard InChI is InChI=1S/C18H20.2C14H24.C2H4O2/c1-5-14(2)16-9-6-8-15(3)18(4)13-7-10-17(18)12-11-16;1-2-4-6-8-10-14-12-11-13(14)9-7-5-3-1;1-2-14-12-10-8-6-4-3-5-7-9-11-13-14;1-2(3)4/h7,9-10,13-15H,5H2,1-4H3;11,14H,1-10,12H2;2,12H,1,3-11,13H2;1H3,(H,3,4)/b16-9+;;14-12-;/t14-,15?,18+;14-;;/m01../s1. The lowest BCUT2D eigenvalue weighted by molar-refractivity contribution is -0.134. The van der Waals surface area contributed by atoms with Crippen LogP contribution < -0.4 is 0 Å². The third kappa shape index (κ3) is 17.3. The number of fused-ring (bicyclic) bond motifs is 2. The van der Waals surface area contributed by atoms with Gasteiger partial charge in [-0.1, -0.05) is 183 Å². The van der Waals surface area contributed by atoms with Crippen molar-refractivity contribution in [3.63, 3.8) is 0 Å². The number of hydrogen-bond acceptors (Lipinski definition) is 1. The maximum atomic E-state index is 9.00. The summed E-state index contributed by atoms with van der Waals surface area (Å²) < 4.78 is 0. The van der Waals surface area contributed by atoms with E-state index in [2.05, 4.69) is 88.3 Å². The van der Waals surface area contributed by atoms with Crippen LogP contribution in [0.4, 0.5) is 0 Å². The highest BCUT2D eigenvalue weighted by atomic mass is 16.4. The second-order valence-corrected chi connectivity index (χ2v) is 15.3. The summed E-state index contributed by atoms with van der Waals surface area (Å²) in [5.74, 6) is 14.2. The average Bonchev–Trinajstić information content (AvgIpc) is 3.48. The second kappa shape index (κ2) is 25.9. The Kier molecular flexibility index (Phi) is 22.4. The summed E-state index contributed by atoms with van der Waals surface area (Å²) in [7, 11) is 0. The van der Waals surface area contributed by atoms with E-state index in [0.29, 0.717) is 11.8 Å². The first kappa shape index (κ1) is 43.2. The lowest BCUT2D eigenvalue weighted by Gasteiger charge is -2.28. The molecule has 0 amide bonds. The number of allylic oxidation sites excluding steroid dienone is 11. The summed E-state index contributed by atoms with van der Waals surface area (Å²) >= 11 is 0. The summed E-state index contributed by atoms with van der Waals surface area (Å²) in [6.45, 7) is 13.8. The lowest BCUT2D eigenvalue weighted by Crippen LogP contribution is -2.22. The van der Waals surface area contributed by atoms with Crippen molar-refractivity contribution >= 4 is 5.97 Å². The molecule has 1 N–H and O–H groups in total. The van der Waals surface area contributed by atoms with Crippen LogP contribution in [0.1, 0.15) is 176 Å². The molecule has 0 heterocycles. The van der Waals surface area contributed by atoms with Crippen molar-refractivity contribution < 1.29 is 9.90 Å². The molecule has 5 aliphatic carbocycles. The monoisotopic (exact) mass is 681 g/mol. The van der Waals surface area contributed by atoms with Crippen LogP contribution in [0.25, 0.3) is 0 Å². The van der Waals surface area contributed by atoms with Crippen LogP contribution in [-0.4, -0.2) is 11.1 Å². The summed E-state index contributed by atoms with van der Waals surface area (Å²) in [5.41, 5.74) is 5.63. The highest BCUT2D eigenvalue weighted by molar-refractivity contribution is 5.63. The number of carboxylic acid groups (broad SMARTS) is 1. The number of hydrogen-bond donors (Lipinski definition) is 1. The minimum Gasteiger partial charge on any atom is -0.481 e. The second-order valence-electron chi connectivity index (χ2n) is 15.3. The van der Waals surface area contributed by atoms with Crippen molar-refractivity contribution in [1.29, 1.82) is 0 Å². The molecule has 5 aliphatic rings. The minimum absolute atomic E-state index is 0.0151. The normalized spacial score (nSPS) is 28.0. The van der Waals surface area contributed by atoms with Gasteiger partial charge in [0.25, 0.3) is 5.97 Å². The van der Waals surface area contributed by atoms with E-state index in [1.165, 1.54) is 146 Å². The SMILES string of the molecule is C1=C2CCCCCCCCCC[C@@H]2C1.C=C/C1=C/CCCCCCCCCC1.CC(=O)O.CC[C@H](C)/C1=C/C#CC(C)[C@@]2(C)C=CC=C2C#C1. The maximum absolute atomic E-state index is 9.00. The molecular formula is C48H72O2. The van der Waals surface area contributed by atoms with Crippen LogP contribution in [0, 0.1) is 46.9 Å². The van der Waals surface area contributed by atoms with E-state index in [1.807, 2.05) is 17.7 Å². The molecule has 4 atom stereocenters. The van der Waals surface area contributed by atoms with Gasteiger partial charge < -0.3 is 5.11 Å². The number of carbonyl (C=O) groups is 1. The summed E-state index contributed by atoms with van der Waals surface area (Å²) in [5, 5.41) is 7.42. The predicted octanol–water partition coefficient (Wildman–Crippen LogP) is 14.1. The molecule has 0 aliphatic heterocycles. The molecule has 276 valence electrons. The molecular weight excluding hydrogens is 609 g/mol. The fourth-order valence-corrected chi connectivity index (χ4v) is 7.17. The fourth-order valence-electron chi connectivity index (χ4n) is 7.17.